The normalized spacial score (nSPS) is 24.9. The van der Waals surface area contributed by atoms with Gasteiger partial charge < -0.3 is 4.74 Å². The first-order valence-corrected chi connectivity index (χ1v) is 3.57. The van der Waals surface area contributed by atoms with Crippen LogP contribution in [0, 0.1) is 5.92 Å². The van der Waals surface area contributed by atoms with E-state index in [9.17, 15) is 9.18 Å². The second-order valence-electron chi connectivity index (χ2n) is 2.48. The van der Waals surface area contributed by atoms with Crippen LogP contribution in [0.3, 0.4) is 0 Å². The van der Waals surface area contributed by atoms with Crippen molar-refractivity contribution in [2.24, 2.45) is 5.92 Å². The van der Waals surface area contributed by atoms with Gasteiger partial charge in [0.1, 0.15) is 0 Å². The van der Waals surface area contributed by atoms with E-state index in [2.05, 4.69) is 0 Å². The third-order valence-corrected chi connectivity index (χ3v) is 1.73. The van der Waals surface area contributed by atoms with E-state index in [1.165, 1.54) is 0 Å². The van der Waals surface area contributed by atoms with Gasteiger partial charge in [-0.3, -0.25) is 9.18 Å². The second-order valence-corrected chi connectivity index (χ2v) is 2.48. The highest BCUT2D eigenvalue weighted by Crippen LogP contribution is 2.19. The van der Waals surface area contributed by atoms with Crippen molar-refractivity contribution in [3.05, 3.63) is 0 Å². The zero-order valence-corrected chi connectivity index (χ0v) is 5.81. The summed E-state index contributed by atoms with van der Waals surface area (Å²) in [4.78, 5) is 10.7. The SMILES string of the molecule is O=C1OCC[C@H]1CCCF. The Morgan fingerprint density at radius 3 is 3.00 bits per heavy atom. The minimum atomic E-state index is -0.330. The van der Waals surface area contributed by atoms with Crippen molar-refractivity contribution in [1.29, 1.82) is 0 Å². The highest BCUT2D eigenvalue weighted by atomic mass is 19.1. The molecular formula is C7H11FO2. The smallest absolute Gasteiger partial charge is 0.309 e. The number of carbonyl (C=O) groups excluding carboxylic acids is 1. The van der Waals surface area contributed by atoms with Crippen molar-refractivity contribution in [2.75, 3.05) is 13.3 Å². The van der Waals surface area contributed by atoms with Crippen LogP contribution in [-0.4, -0.2) is 19.3 Å². The lowest BCUT2D eigenvalue weighted by Crippen LogP contribution is -2.07. The lowest BCUT2D eigenvalue weighted by molar-refractivity contribution is -0.141. The predicted molar refractivity (Wildman–Crippen MR) is 34.3 cm³/mol. The third kappa shape index (κ3) is 1.69. The molecule has 58 valence electrons. The molecule has 1 saturated heterocycles. The van der Waals surface area contributed by atoms with Gasteiger partial charge in [0.2, 0.25) is 0 Å². The molecule has 0 aromatic rings. The Balaban J connectivity index is 2.20. The van der Waals surface area contributed by atoms with E-state index >= 15 is 0 Å². The Morgan fingerprint density at radius 1 is 1.70 bits per heavy atom. The van der Waals surface area contributed by atoms with Gasteiger partial charge in [0, 0.05) is 0 Å². The zero-order valence-electron chi connectivity index (χ0n) is 5.81. The molecule has 0 saturated carbocycles. The lowest BCUT2D eigenvalue weighted by Gasteiger charge is -2.00. The van der Waals surface area contributed by atoms with Crippen LogP contribution in [0.25, 0.3) is 0 Å². The zero-order chi connectivity index (χ0) is 7.40. The van der Waals surface area contributed by atoms with Gasteiger partial charge in [0.15, 0.2) is 0 Å². The molecule has 1 fully saturated rings. The number of alkyl halides is 1. The molecule has 1 atom stereocenters. The Hall–Kier alpha value is -0.600. The lowest BCUT2D eigenvalue weighted by atomic mass is 10.0. The predicted octanol–water partition coefficient (Wildman–Crippen LogP) is 1.30. The highest BCUT2D eigenvalue weighted by molar-refractivity contribution is 5.73. The molecule has 0 N–H and O–H groups in total. The molecule has 1 aliphatic rings. The number of cyclic esters (lactones) is 1. The number of ether oxygens (including phenoxy) is 1. The summed E-state index contributed by atoms with van der Waals surface area (Å²) in [6.45, 7) is 0.194. The van der Waals surface area contributed by atoms with Crippen LogP contribution in [0.2, 0.25) is 0 Å². The fourth-order valence-electron chi connectivity index (χ4n) is 1.12. The number of hydrogen-bond acceptors (Lipinski definition) is 2. The molecule has 0 bridgehead atoms. The first-order chi connectivity index (χ1) is 4.84. The van der Waals surface area contributed by atoms with Gasteiger partial charge in [-0.1, -0.05) is 0 Å². The van der Waals surface area contributed by atoms with Crippen molar-refractivity contribution in [3.63, 3.8) is 0 Å². The van der Waals surface area contributed by atoms with Crippen molar-refractivity contribution in [1.82, 2.24) is 0 Å². The van der Waals surface area contributed by atoms with Crippen LogP contribution < -0.4 is 0 Å². The number of esters is 1. The maximum Gasteiger partial charge on any atom is 0.309 e. The van der Waals surface area contributed by atoms with Crippen molar-refractivity contribution in [2.45, 2.75) is 19.3 Å². The molecule has 3 heteroatoms. The van der Waals surface area contributed by atoms with Gasteiger partial charge in [0.25, 0.3) is 0 Å². The largest absolute Gasteiger partial charge is 0.465 e. The number of halogens is 1. The first kappa shape index (κ1) is 7.51. The molecule has 0 aromatic heterocycles. The van der Waals surface area contributed by atoms with Crippen molar-refractivity contribution < 1.29 is 13.9 Å². The van der Waals surface area contributed by atoms with E-state index < -0.39 is 0 Å². The quantitative estimate of drug-likeness (QED) is 0.561. The molecule has 0 aliphatic carbocycles. The van der Waals surface area contributed by atoms with Gasteiger partial charge in [-0.05, 0) is 19.3 Å². The van der Waals surface area contributed by atoms with Crippen molar-refractivity contribution >= 4 is 5.97 Å². The summed E-state index contributed by atoms with van der Waals surface area (Å²) < 4.78 is 16.3. The van der Waals surface area contributed by atoms with Crippen LogP contribution in [0.15, 0.2) is 0 Å². The van der Waals surface area contributed by atoms with E-state index in [1.54, 1.807) is 0 Å². The van der Waals surface area contributed by atoms with Crippen LogP contribution in [0.5, 0.6) is 0 Å². The summed E-state index contributed by atoms with van der Waals surface area (Å²) in [6, 6.07) is 0. The van der Waals surface area contributed by atoms with Gasteiger partial charge in [0.05, 0.1) is 19.2 Å². The summed E-state index contributed by atoms with van der Waals surface area (Å²) in [7, 11) is 0. The van der Waals surface area contributed by atoms with E-state index in [-0.39, 0.29) is 18.6 Å². The van der Waals surface area contributed by atoms with Crippen molar-refractivity contribution in [3.8, 4) is 0 Å². The summed E-state index contributed by atoms with van der Waals surface area (Å²) >= 11 is 0. The Morgan fingerprint density at radius 2 is 2.50 bits per heavy atom. The fourth-order valence-corrected chi connectivity index (χ4v) is 1.12. The Bertz CT molecular complexity index is 125. The van der Waals surface area contributed by atoms with E-state index in [0.717, 1.165) is 6.42 Å². The van der Waals surface area contributed by atoms with Gasteiger partial charge >= 0.3 is 5.97 Å². The van der Waals surface area contributed by atoms with Crippen LogP contribution in [0.1, 0.15) is 19.3 Å². The highest BCUT2D eigenvalue weighted by Gasteiger charge is 2.25. The average molecular weight is 146 g/mol. The Labute approximate surface area is 59.4 Å². The number of rotatable bonds is 3. The molecule has 10 heavy (non-hydrogen) atoms. The molecule has 1 heterocycles. The molecule has 0 amide bonds. The molecule has 0 radical (unpaired) electrons. The maximum absolute atomic E-state index is 11.6. The fraction of sp³-hybridized carbons (Fsp3) is 0.857. The monoisotopic (exact) mass is 146 g/mol. The molecule has 0 spiro atoms. The standard InChI is InChI=1S/C7H11FO2/c8-4-1-2-6-3-5-10-7(6)9/h6H,1-5H2/t6-/m1/s1. The topological polar surface area (TPSA) is 26.3 Å². The summed E-state index contributed by atoms with van der Waals surface area (Å²) in [5, 5.41) is 0. The molecule has 2 nitrogen and oxygen atoms in total. The van der Waals surface area contributed by atoms with Gasteiger partial charge in [-0.2, -0.15) is 0 Å². The molecule has 1 rings (SSSR count). The van der Waals surface area contributed by atoms with E-state index in [1.807, 2.05) is 0 Å². The minimum absolute atomic E-state index is 0.0178. The van der Waals surface area contributed by atoms with Gasteiger partial charge in [-0.15, -0.1) is 0 Å². The van der Waals surface area contributed by atoms with Crippen LogP contribution >= 0.6 is 0 Å². The molecular weight excluding hydrogens is 135 g/mol. The summed E-state index contributed by atoms with van der Waals surface area (Å²) in [5.41, 5.74) is 0. The molecule has 0 aromatic carbocycles. The second kappa shape index (κ2) is 3.54. The van der Waals surface area contributed by atoms with Gasteiger partial charge in [-0.25, -0.2) is 0 Å². The average Bonchev–Trinajstić information content (AvgIpc) is 2.31. The number of hydrogen-bond donors (Lipinski definition) is 0. The molecule has 1 aliphatic heterocycles. The number of carbonyl (C=O) groups is 1. The molecule has 0 unspecified atom stereocenters. The maximum atomic E-state index is 11.6. The van der Waals surface area contributed by atoms with E-state index in [0.29, 0.717) is 19.4 Å². The summed E-state index contributed by atoms with van der Waals surface area (Å²) in [5.74, 6) is -0.163. The third-order valence-electron chi connectivity index (χ3n) is 1.73. The van der Waals surface area contributed by atoms with Crippen LogP contribution in [-0.2, 0) is 9.53 Å². The first-order valence-electron chi connectivity index (χ1n) is 3.57. The summed E-state index contributed by atoms with van der Waals surface area (Å²) in [6.07, 6.45) is 1.91. The minimum Gasteiger partial charge on any atom is -0.465 e. The van der Waals surface area contributed by atoms with E-state index in [4.69, 9.17) is 4.74 Å². The van der Waals surface area contributed by atoms with Crippen LogP contribution in [0.4, 0.5) is 4.39 Å². The Kier molecular flexibility index (Phi) is 2.66.